The molecular weight excluding hydrogens is 327 g/mol. The Balaban J connectivity index is 2.21. The Kier molecular flexibility index (Phi) is 6.10. The quantitative estimate of drug-likeness (QED) is 0.805. The molecule has 1 aromatic carbocycles. The second-order valence-corrected chi connectivity index (χ2v) is 5.64. The summed E-state index contributed by atoms with van der Waals surface area (Å²) in [5.74, 6) is -1.33. The smallest absolute Gasteiger partial charge is 0.321 e. The van der Waals surface area contributed by atoms with Crippen LogP contribution in [0.15, 0.2) is 30.5 Å². The van der Waals surface area contributed by atoms with E-state index in [2.05, 4.69) is 10.4 Å². The zero-order chi connectivity index (χ0) is 18.4. The topological polar surface area (TPSA) is 87.5 Å². The number of hydrogen-bond donors (Lipinski definition) is 2. The summed E-state index contributed by atoms with van der Waals surface area (Å²) in [6.07, 6.45) is 2.84. The van der Waals surface area contributed by atoms with Crippen LogP contribution in [0.1, 0.15) is 25.5 Å². The van der Waals surface area contributed by atoms with Crippen LogP contribution >= 0.6 is 0 Å². The van der Waals surface area contributed by atoms with Gasteiger partial charge in [0.05, 0.1) is 29.7 Å². The molecule has 8 heteroatoms. The fourth-order valence-electron chi connectivity index (χ4n) is 2.36. The second-order valence-electron chi connectivity index (χ2n) is 5.64. The molecule has 0 unspecified atom stereocenters. The van der Waals surface area contributed by atoms with Crippen molar-refractivity contribution in [2.24, 2.45) is 0 Å². The highest BCUT2D eigenvalue weighted by Crippen LogP contribution is 2.22. The molecule has 1 heterocycles. The Morgan fingerprint density at radius 1 is 1.40 bits per heavy atom. The highest BCUT2D eigenvalue weighted by molar-refractivity contribution is 5.90. The SMILES string of the molecule is CCCc1c(NC(=O)N(C)CCC(=O)O)cnn1-c1cccc(F)c1. The van der Waals surface area contributed by atoms with Crippen molar-refractivity contribution < 1.29 is 19.1 Å². The van der Waals surface area contributed by atoms with Crippen molar-refractivity contribution in [1.82, 2.24) is 14.7 Å². The Labute approximate surface area is 145 Å². The molecule has 0 aliphatic heterocycles. The first-order valence-electron chi connectivity index (χ1n) is 7.99. The van der Waals surface area contributed by atoms with E-state index in [4.69, 9.17) is 5.11 Å². The maximum absolute atomic E-state index is 13.5. The summed E-state index contributed by atoms with van der Waals surface area (Å²) in [5, 5.41) is 15.7. The van der Waals surface area contributed by atoms with E-state index in [0.717, 1.165) is 12.1 Å². The molecule has 2 amide bonds. The molecule has 0 fully saturated rings. The van der Waals surface area contributed by atoms with Gasteiger partial charge in [-0.05, 0) is 24.6 Å². The minimum absolute atomic E-state index is 0.0995. The van der Waals surface area contributed by atoms with Crippen molar-refractivity contribution in [3.63, 3.8) is 0 Å². The van der Waals surface area contributed by atoms with Gasteiger partial charge >= 0.3 is 12.0 Å². The first-order chi connectivity index (χ1) is 11.9. The molecule has 7 nitrogen and oxygen atoms in total. The summed E-state index contributed by atoms with van der Waals surface area (Å²) in [7, 11) is 1.52. The molecule has 0 radical (unpaired) electrons. The zero-order valence-electron chi connectivity index (χ0n) is 14.2. The van der Waals surface area contributed by atoms with E-state index in [1.807, 2.05) is 6.92 Å². The van der Waals surface area contributed by atoms with Gasteiger partial charge < -0.3 is 15.3 Å². The van der Waals surface area contributed by atoms with Gasteiger partial charge in [0.1, 0.15) is 5.82 Å². The molecule has 0 spiro atoms. The number of urea groups is 1. The largest absolute Gasteiger partial charge is 0.481 e. The lowest BCUT2D eigenvalue weighted by Gasteiger charge is -2.17. The van der Waals surface area contributed by atoms with Gasteiger partial charge in [-0.2, -0.15) is 5.10 Å². The Morgan fingerprint density at radius 3 is 2.80 bits per heavy atom. The number of nitrogens with one attached hydrogen (secondary N) is 1. The van der Waals surface area contributed by atoms with Gasteiger partial charge in [-0.1, -0.05) is 19.4 Å². The Hall–Kier alpha value is -2.90. The van der Waals surface area contributed by atoms with E-state index in [1.54, 1.807) is 16.8 Å². The number of anilines is 1. The van der Waals surface area contributed by atoms with Crippen molar-refractivity contribution in [3.05, 3.63) is 42.0 Å². The van der Waals surface area contributed by atoms with Crippen molar-refractivity contribution in [1.29, 1.82) is 0 Å². The van der Waals surface area contributed by atoms with E-state index in [-0.39, 0.29) is 18.8 Å². The first-order valence-corrected chi connectivity index (χ1v) is 7.99. The van der Waals surface area contributed by atoms with Crippen LogP contribution in [0.2, 0.25) is 0 Å². The van der Waals surface area contributed by atoms with Crippen LogP contribution in [0.5, 0.6) is 0 Å². The number of carboxylic acids is 1. The third-order valence-corrected chi connectivity index (χ3v) is 3.66. The minimum atomic E-state index is -0.967. The Bertz CT molecular complexity index is 760. The van der Waals surface area contributed by atoms with Gasteiger partial charge in [-0.25, -0.2) is 13.9 Å². The fraction of sp³-hybridized carbons (Fsp3) is 0.353. The predicted octanol–water partition coefficient (Wildman–Crippen LogP) is 2.90. The summed E-state index contributed by atoms with van der Waals surface area (Å²) >= 11 is 0. The minimum Gasteiger partial charge on any atom is -0.481 e. The lowest BCUT2D eigenvalue weighted by molar-refractivity contribution is -0.137. The van der Waals surface area contributed by atoms with Crippen molar-refractivity contribution in [3.8, 4) is 5.69 Å². The third kappa shape index (κ3) is 4.79. The number of halogens is 1. The van der Waals surface area contributed by atoms with Crippen LogP contribution in [0.3, 0.4) is 0 Å². The van der Waals surface area contributed by atoms with Gasteiger partial charge in [0.2, 0.25) is 0 Å². The average molecular weight is 348 g/mol. The molecule has 2 aromatic rings. The van der Waals surface area contributed by atoms with Crippen molar-refractivity contribution in [2.45, 2.75) is 26.2 Å². The number of aliphatic carboxylic acids is 1. The van der Waals surface area contributed by atoms with E-state index in [0.29, 0.717) is 17.8 Å². The molecule has 25 heavy (non-hydrogen) atoms. The van der Waals surface area contributed by atoms with E-state index in [1.165, 1.54) is 30.3 Å². The summed E-state index contributed by atoms with van der Waals surface area (Å²) < 4.78 is 15.1. The normalized spacial score (nSPS) is 10.5. The maximum Gasteiger partial charge on any atom is 0.321 e. The number of aromatic nitrogens is 2. The number of carboxylic acid groups (broad SMARTS) is 1. The molecule has 1 aromatic heterocycles. The monoisotopic (exact) mass is 348 g/mol. The number of nitrogens with zero attached hydrogens (tertiary/aromatic N) is 3. The molecule has 0 saturated carbocycles. The van der Waals surface area contributed by atoms with Crippen LogP contribution in [0.25, 0.3) is 5.69 Å². The van der Waals surface area contributed by atoms with Gasteiger partial charge in [-0.15, -0.1) is 0 Å². The summed E-state index contributed by atoms with van der Waals surface area (Å²) in [6.45, 7) is 2.09. The zero-order valence-corrected chi connectivity index (χ0v) is 14.2. The molecule has 2 rings (SSSR count). The summed E-state index contributed by atoms with van der Waals surface area (Å²) in [5.41, 5.74) is 1.86. The maximum atomic E-state index is 13.5. The molecule has 0 aliphatic rings. The molecule has 0 aliphatic carbocycles. The average Bonchev–Trinajstić information content (AvgIpc) is 2.95. The number of carbonyl (C=O) groups is 2. The van der Waals surface area contributed by atoms with Crippen LogP contribution in [0, 0.1) is 5.82 Å². The standard InChI is InChI=1S/C17H21FN4O3/c1-3-5-15-14(20-17(25)21(2)9-8-16(23)24)11-19-22(15)13-7-4-6-12(18)10-13/h4,6-7,10-11H,3,5,8-9H2,1-2H3,(H,20,25)(H,23,24). The number of carbonyl (C=O) groups excluding carboxylic acids is 1. The fourth-order valence-corrected chi connectivity index (χ4v) is 2.36. The van der Waals surface area contributed by atoms with Crippen molar-refractivity contribution >= 4 is 17.7 Å². The van der Waals surface area contributed by atoms with Gasteiger partial charge in [0.25, 0.3) is 0 Å². The van der Waals surface area contributed by atoms with Crippen LogP contribution in [-0.4, -0.2) is 45.4 Å². The number of amides is 2. The lowest BCUT2D eigenvalue weighted by Crippen LogP contribution is -2.33. The molecule has 0 saturated heterocycles. The molecule has 134 valence electrons. The highest BCUT2D eigenvalue weighted by atomic mass is 19.1. The Morgan fingerprint density at radius 2 is 2.16 bits per heavy atom. The summed E-state index contributed by atoms with van der Waals surface area (Å²) in [6, 6.07) is 5.64. The number of rotatable bonds is 7. The highest BCUT2D eigenvalue weighted by Gasteiger charge is 2.17. The third-order valence-electron chi connectivity index (χ3n) is 3.66. The van der Waals surface area contributed by atoms with Crippen LogP contribution in [-0.2, 0) is 11.2 Å². The van der Waals surface area contributed by atoms with Crippen molar-refractivity contribution in [2.75, 3.05) is 18.9 Å². The van der Waals surface area contributed by atoms with Gasteiger partial charge in [0, 0.05) is 13.6 Å². The number of hydrogen-bond acceptors (Lipinski definition) is 3. The summed E-state index contributed by atoms with van der Waals surface area (Å²) in [4.78, 5) is 24.1. The van der Waals surface area contributed by atoms with E-state index in [9.17, 15) is 14.0 Å². The molecule has 0 atom stereocenters. The van der Waals surface area contributed by atoms with E-state index < -0.39 is 12.0 Å². The molecule has 0 bridgehead atoms. The van der Waals surface area contributed by atoms with Gasteiger partial charge in [-0.3, -0.25) is 4.79 Å². The first kappa shape index (κ1) is 18.4. The second kappa shape index (κ2) is 8.27. The predicted molar refractivity (Wildman–Crippen MR) is 91.4 cm³/mol. The lowest BCUT2D eigenvalue weighted by atomic mass is 10.2. The number of benzene rings is 1. The van der Waals surface area contributed by atoms with E-state index >= 15 is 0 Å². The van der Waals surface area contributed by atoms with Gasteiger partial charge in [0.15, 0.2) is 0 Å². The van der Waals surface area contributed by atoms with Crippen LogP contribution < -0.4 is 5.32 Å². The molecular formula is C17H21FN4O3. The molecule has 2 N–H and O–H groups in total. The van der Waals surface area contributed by atoms with Crippen LogP contribution in [0.4, 0.5) is 14.9 Å².